The average molecular weight is 177 g/mol. The second kappa shape index (κ2) is 3.91. The van der Waals surface area contributed by atoms with Gasteiger partial charge in [0.2, 0.25) is 0 Å². The van der Waals surface area contributed by atoms with Crippen LogP contribution < -0.4 is 0 Å². The molecule has 1 aromatic heterocycles. The van der Waals surface area contributed by atoms with Gasteiger partial charge < -0.3 is 0 Å². The minimum absolute atomic E-state index is 0.405. The quantitative estimate of drug-likeness (QED) is 0.672. The van der Waals surface area contributed by atoms with Crippen LogP contribution in [-0.4, -0.2) is 4.98 Å². The Hall–Kier alpha value is -0.850. The first-order valence-electron chi connectivity index (χ1n) is 4.89. The second-order valence-electron chi connectivity index (χ2n) is 4.95. The van der Waals surface area contributed by atoms with Crippen molar-refractivity contribution in [3.63, 3.8) is 0 Å². The van der Waals surface area contributed by atoms with Crippen LogP contribution in [0.1, 0.15) is 45.6 Å². The lowest BCUT2D eigenvalue weighted by molar-refractivity contribution is 0.349. The predicted octanol–water partition coefficient (Wildman–Crippen LogP) is 3.62. The van der Waals surface area contributed by atoms with E-state index in [0.29, 0.717) is 11.3 Å². The van der Waals surface area contributed by atoms with Gasteiger partial charge in [-0.3, -0.25) is 4.98 Å². The maximum absolute atomic E-state index is 4.02. The number of pyridine rings is 1. The largest absolute Gasteiger partial charge is 0.265 e. The molecule has 1 nitrogen and oxygen atoms in total. The topological polar surface area (TPSA) is 12.9 Å². The molecule has 13 heavy (non-hydrogen) atoms. The third-order valence-electron chi connectivity index (χ3n) is 2.19. The lowest BCUT2D eigenvalue weighted by Crippen LogP contribution is -2.09. The van der Waals surface area contributed by atoms with E-state index in [0.717, 1.165) is 0 Å². The average Bonchev–Trinajstić information content (AvgIpc) is 2.03. The third kappa shape index (κ3) is 3.58. The Kier molecular flexibility index (Phi) is 3.07. The van der Waals surface area contributed by atoms with Gasteiger partial charge in [-0.05, 0) is 35.4 Å². The molecule has 0 aliphatic rings. The van der Waals surface area contributed by atoms with E-state index in [1.54, 1.807) is 0 Å². The van der Waals surface area contributed by atoms with Crippen molar-refractivity contribution in [2.75, 3.05) is 0 Å². The van der Waals surface area contributed by atoms with E-state index in [-0.39, 0.29) is 0 Å². The predicted molar refractivity (Wildman–Crippen MR) is 56.7 cm³/mol. The van der Waals surface area contributed by atoms with E-state index in [1.807, 2.05) is 12.4 Å². The van der Waals surface area contributed by atoms with Crippen LogP contribution in [0.2, 0.25) is 0 Å². The van der Waals surface area contributed by atoms with Crippen LogP contribution >= 0.6 is 0 Å². The van der Waals surface area contributed by atoms with Gasteiger partial charge in [-0.15, -0.1) is 0 Å². The molecule has 0 aliphatic heterocycles. The molecule has 0 bridgehead atoms. The van der Waals surface area contributed by atoms with Gasteiger partial charge in [-0.2, -0.15) is 0 Å². The van der Waals surface area contributed by atoms with Gasteiger partial charge in [0.1, 0.15) is 0 Å². The number of hydrogen-bond donors (Lipinski definition) is 0. The summed E-state index contributed by atoms with van der Waals surface area (Å²) in [5.74, 6) is 0.628. The van der Waals surface area contributed by atoms with Gasteiger partial charge in [0.25, 0.3) is 0 Å². The first-order valence-corrected chi connectivity index (χ1v) is 4.89. The fourth-order valence-electron chi connectivity index (χ4n) is 1.73. The first kappa shape index (κ1) is 10.2. The summed E-state index contributed by atoms with van der Waals surface area (Å²) < 4.78 is 0. The highest BCUT2D eigenvalue weighted by atomic mass is 14.6. The van der Waals surface area contributed by atoms with Gasteiger partial charge in [0, 0.05) is 12.4 Å². The summed E-state index contributed by atoms with van der Waals surface area (Å²) in [4.78, 5) is 4.02. The molecule has 72 valence electrons. The minimum atomic E-state index is 0.405. The molecule has 0 saturated heterocycles. The molecule has 0 aromatic carbocycles. The van der Waals surface area contributed by atoms with Crippen LogP contribution in [0.25, 0.3) is 0 Å². The van der Waals surface area contributed by atoms with Crippen molar-refractivity contribution < 1.29 is 0 Å². The van der Waals surface area contributed by atoms with Crippen molar-refractivity contribution in [2.24, 2.45) is 5.41 Å². The fourth-order valence-corrected chi connectivity index (χ4v) is 1.73. The zero-order chi connectivity index (χ0) is 9.90. The van der Waals surface area contributed by atoms with Crippen LogP contribution in [0, 0.1) is 5.41 Å². The molecule has 1 rings (SSSR count). The molecule has 0 saturated carbocycles. The summed E-state index contributed by atoms with van der Waals surface area (Å²) in [7, 11) is 0. The van der Waals surface area contributed by atoms with E-state index in [4.69, 9.17) is 0 Å². The Bertz CT molecular complexity index is 246. The number of aromatic nitrogens is 1. The van der Waals surface area contributed by atoms with Crippen LogP contribution in [0.3, 0.4) is 0 Å². The Morgan fingerprint density at radius 2 is 1.77 bits per heavy atom. The van der Waals surface area contributed by atoms with E-state index in [2.05, 4.69) is 44.8 Å². The summed E-state index contributed by atoms with van der Waals surface area (Å²) in [6.45, 7) is 9.13. The molecule has 0 radical (unpaired) electrons. The molecule has 0 amide bonds. The monoisotopic (exact) mass is 177 g/mol. The molecule has 1 aromatic rings. The van der Waals surface area contributed by atoms with Crippen molar-refractivity contribution >= 4 is 0 Å². The van der Waals surface area contributed by atoms with Gasteiger partial charge in [-0.25, -0.2) is 0 Å². The fraction of sp³-hybridized carbons (Fsp3) is 0.583. The smallest absolute Gasteiger partial charge is 0.0270 e. The van der Waals surface area contributed by atoms with Gasteiger partial charge in [0.15, 0.2) is 0 Å². The van der Waals surface area contributed by atoms with Crippen LogP contribution in [0.15, 0.2) is 24.5 Å². The maximum atomic E-state index is 4.02. The van der Waals surface area contributed by atoms with Crippen molar-refractivity contribution in [1.82, 2.24) is 4.98 Å². The molecular formula is C12H19N. The van der Waals surface area contributed by atoms with Crippen molar-refractivity contribution in [1.29, 1.82) is 0 Å². The van der Waals surface area contributed by atoms with Crippen LogP contribution in [0.4, 0.5) is 0 Å². The Morgan fingerprint density at radius 3 is 2.23 bits per heavy atom. The van der Waals surface area contributed by atoms with E-state index in [9.17, 15) is 0 Å². The summed E-state index contributed by atoms with van der Waals surface area (Å²) >= 11 is 0. The molecular weight excluding hydrogens is 158 g/mol. The summed E-state index contributed by atoms with van der Waals surface area (Å²) in [6, 6.07) is 4.22. The first-order chi connectivity index (χ1) is 5.99. The van der Waals surface area contributed by atoms with Crippen molar-refractivity contribution in [2.45, 2.75) is 40.0 Å². The van der Waals surface area contributed by atoms with E-state index >= 15 is 0 Å². The van der Waals surface area contributed by atoms with E-state index in [1.165, 1.54) is 12.0 Å². The molecule has 1 heterocycles. The minimum Gasteiger partial charge on any atom is -0.265 e. The van der Waals surface area contributed by atoms with Crippen molar-refractivity contribution in [3.8, 4) is 0 Å². The van der Waals surface area contributed by atoms with Crippen molar-refractivity contribution in [3.05, 3.63) is 30.1 Å². The van der Waals surface area contributed by atoms with Gasteiger partial charge >= 0.3 is 0 Å². The Balaban J connectivity index is 2.64. The molecule has 1 heteroatoms. The molecule has 0 spiro atoms. The summed E-state index contributed by atoms with van der Waals surface area (Å²) in [5.41, 5.74) is 1.80. The third-order valence-corrected chi connectivity index (χ3v) is 2.19. The van der Waals surface area contributed by atoms with Gasteiger partial charge in [0.05, 0.1) is 0 Å². The molecule has 1 atom stereocenters. The second-order valence-corrected chi connectivity index (χ2v) is 4.95. The number of rotatable bonds is 2. The maximum Gasteiger partial charge on any atom is 0.0270 e. The molecule has 0 aliphatic carbocycles. The van der Waals surface area contributed by atoms with Gasteiger partial charge in [-0.1, -0.05) is 27.7 Å². The molecule has 0 unspecified atom stereocenters. The summed E-state index contributed by atoms with van der Waals surface area (Å²) in [6.07, 6.45) is 4.96. The highest BCUT2D eigenvalue weighted by Gasteiger charge is 2.15. The highest BCUT2D eigenvalue weighted by Crippen LogP contribution is 2.30. The van der Waals surface area contributed by atoms with E-state index < -0.39 is 0 Å². The standard InChI is InChI=1S/C12H19N/c1-10(9-12(2,3)4)11-5-7-13-8-6-11/h5-8,10H,9H2,1-4H3/t10-/m1/s1. The zero-order valence-corrected chi connectivity index (χ0v) is 9.04. The normalized spacial score (nSPS) is 14.2. The highest BCUT2D eigenvalue weighted by molar-refractivity contribution is 5.14. The zero-order valence-electron chi connectivity index (χ0n) is 9.04. The number of nitrogens with zero attached hydrogens (tertiary/aromatic N) is 1. The van der Waals surface area contributed by atoms with Crippen LogP contribution in [-0.2, 0) is 0 Å². The number of hydrogen-bond acceptors (Lipinski definition) is 1. The molecule has 0 fully saturated rings. The Labute approximate surface area is 81.2 Å². The SMILES string of the molecule is C[C@H](CC(C)(C)C)c1ccncc1. The van der Waals surface area contributed by atoms with Crippen LogP contribution in [0.5, 0.6) is 0 Å². The molecule has 0 N–H and O–H groups in total. The lowest BCUT2D eigenvalue weighted by Gasteiger charge is -2.23. The summed E-state index contributed by atoms with van der Waals surface area (Å²) in [5, 5.41) is 0. The lowest BCUT2D eigenvalue weighted by atomic mass is 9.83. The Morgan fingerprint density at radius 1 is 1.23 bits per heavy atom.